The lowest BCUT2D eigenvalue weighted by atomic mass is 10.2. The standard InChI is InChI=1S/C11H15N3O2S/c15-10(14-7-9-3-1-6-16-9)8-17-11-12-4-2-5-13-11/h2,4-5,9H,1,3,6-8H2,(H,14,15)/t9-/m1/s1. The number of nitrogens with one attached hydrogen (secondary N) is 1. The Balaban J connectivity index is 1.64. The van der Waals surface area contributed by atoms with Crippen LogP contribution in [0.4, 0.5) is 0 Å². The number of ether oxygens (including phenoxy) is 1. The second-order valence-corrected chi connectivity index (χ2v) is 4.70. The quantitative estimate of drug-likeness (QED) is 0.623. The number of carbonyl (C=O) groups excluding carboxylic acids is 1. The molecule has 1 saturated heterocycles. The summed E-state index contributed by atoms with van der Waals surface area (Å²) in [6.45, 7) is 1.42. The van der Waals surface area contributed by atoms with Gasteiger partial charge in [-0.25, -0.2) is 9.97 Å². The van der Waals surface area contributed by atoms with E-state index in [2.05, 4.69) is 15.3 Å². The molecule has 0 radical (unpaired) electrons. The molecule has 5 nitrogen and oxygen atoms in total. The van der Waals surface area contributed by atoms with Crippen LogP contribution in [0.2, 0.25) is 0 Å². The normalized spacial score (nSPS) is 19.2. The maximum Gasteiger partial charge on any atom is 0.230 e. The van der Waals surface area contributed by atoms with Crippen LogP contribution in [0, 0.1) is 0 Å². The van der Waals surface area contributed by atoms with Crippen LogP contribution >= 0.6 is 11.8 Å². The highest BCUT2D eigenvalue weighted by Gasteiger charge is 2.16. The van der Waals surface area contributed by atoms with Gasteiger partial charge in [-0.2, -0.15) is 0 Å². The number of hydrogen-bond donors (Lipinski definition) is 1. The highest BCUT2D eigenvalue weighted by atomic mass is 32.2. The van der Waals surface area contributed by atoms with Gasteiger partial charge in [0.1, 0.15) is 0 Å². The summed E-state index contributed by atoms with van der Waals surface area (Å²) < 4.78 is 5.42. The molecule has 0 unspecified atom stereocenters. The molecule has 92 valence electrons. The first kappa shape index (κ1) is 12.3. The van der Waals surface area contributed by atoms with E-state index < -0.39 is 0 Å². The van der Waals surface area contributed by atoms with Crippen LogP contribution in [-0.4, -0.2) is 40.9 Å². The number of rotatable bonds is 5. The second kappa shape index (κ2) is 6.56. The van der Waals surface area contributed by atoms with Gasteiger partial charge in [0, 0.05) is 25.5 Å². The Morgan fingerprint density at radius 2 is 2.35 bits per heavy atom. The molecule has 0 aliphatic carbocycles. The zero-order valence-electron chi connectivity index (χ0n) is 9.46. The van der Waals surface area contributed by atoms with Crippen LogP contribution in [0.25, 0.3) is 0 Å². The number of aromatic nitrogens is 2. The van der Waals surface area contributed by atoms with Crippen molar-refractivity contribution in [2.45, 2.75) is 24.1 Å². The monoisotopic (exact) mass is 253 g/mol. The Bertz CT molecular complexity index is 355. The Morgan fingerprint density at radius 3 is 3.06 bits per heavy atom. The van der Waals surface area contributed by atoms with E-state index in [0.717, 1.165) is 19.4 Å². The molecule has 1 aliphatic rings. The lowest BCUT2D eigenvalue weighted by molar-refractivity contribution is -0.119. The summed E-state index contributed by atoms with van der Waals surface area (Å²) in [6, 6.07) is 1.75. The maximum absolute atomic E-state index is 11.5. The van der Waals surface area contributed by atoms with Crippen molar-refractivity contribution in [3.05, 3.63) is 18.5 Å². The summed E-state index contributed by atoms with van der Waals surface area (Å²) in [7, 11) is 0. The molecular weight excluding hydrogens is 238 g/mol. The minimum absolute atomic E-state index is 0.00190. The molecule has 1 N–H and O–H groups in total. The molecule has 6 heteroatoms. The van der Waals surface area contributed by atoms with E-state index in [1.54, 1.807) is 18.5 Å². The Morgan fingerprint density at radius 1 is 1.53 bits per heavy atom. The Labute approximate surface area is 104 Å². The van der Waals surface area contributed by atoms with Gasteiger partial charge in [0.2, 0.25) is 5.91 Å². The SMILES string of the molecule is O=C(CSc1ncccn1)NC[C@H]1CCCO1. The molecule has 1 fully saturated rings. The van der Waals surface area contributed by atoms with Gasteiger partial charge in [0.15, 0.2) is 5.16 Å². The third-order valence-electron chi connectivity index (χ3n) is 2.43. The second-order valence-electron chi connectivity index (χ2n) is 3.76. The number of nitrogens with zero attached hydrogens (tertiary/aromatic N) is 2. The van der Waals surface area contributed by atoms with Crippen molar-refractivity contribution in [1.29, 1.82) is 0 Å². The van der Waals surface area contributed by atoms with E-state index in [9.17, 15) is 4.79 Å². The molecule has 0 saturated carbocycles. The van der Waals surface area contributed by atoms with Gasteiger partial charge >= 0.3 is 0 Å². The molecule has 17 heavy (non-hydrogen) atoms. The van der Waals surface area contributed by atoms with Crippen molar-refractivity contribution in [3.8, 4) is 0 Å². The molecule has 1 amide bonds. The number of hydrogen-bond acceptors (Lipinski definition) is 5. The molecule has 2 heterocycles. The van der Waals surface area contributed by atoms with Crippen molar-refractivity contribution in [1.82, 2.24) is 15.3 Å². The fourth-order valence-corrected chi connectivity index (χ4v) is 2.21. The highest BCUT2D eigenvalue weighted by Crippen LogP contribution is 2.12. The summed E-state index contributed by atoms with van der Waals surface area (Å²) in [5, 5.41) is 3.48. The molecule has 1 aromatic rings. The summed E-state index contributed by atoms with van der Waals surface area (Å²) in [6.07, 6.45) is 5.65. The molecule has 0 spiro atoms. The average Bonchev–Trinajstić information content (AvgIpc) is 2.88. The first-order valence-electron chi connectivity index (χ1n) is 5.63. The van der Waals surface area contributed by atoms with E-state index in [4.69, 9.17) is 4.74 Å². The van der Waals surface area contributed by atoms with E-state index in [0.29, 0.717) is 17.5 Å². The Kier molecular flexibility index (Phi) is 4.75. The lowest BCUT2D eigenvalue weighted by Crippen LogP contribution is -2.32. The predicted octanol–water partition coefficient (Wildman–Crippen LogP) is 0.864. The highest BCUT2D eigenvalue weighted by molar-refractivity contribution is 7.99. The van der Waals surface area contributed by atoms with Gasteiger partial charge in [0.25, 0.3) is 0 Å². The minimum Gasteiger partial charge on any atom is -0.376 e. The van der Waals surface area contributed by atoms with Crippen LogP contribution in [0.1, 0.15) is 12.8 Å². The first-order chi connectivity index (χ1) is 8.34. The fraction of sp³-hybridized carbons (Fsp3) is 0.545. The zero-order chi connectivity index (χ0) is 11.9. The molecule has 0 bridgehead atoms. The van der Waals surface area contributed by atoms with Gasteiger partial charge < -0.3 is 10.1 Å². The number of thioether (sulfide) groups is 1. The van der Waals surface area contributed by atoms with Crippen LogP contribution < -0.4 is 5.32 Å². The van der Waals surface area contributed by atoms with Gasteiger partial charge in [-0.3, -0.25) is 4.79 Å². The van der Waals surface area contributed by atoms with Crippen LogP contribution in [0.5, 0.6) is 0 Å². The first-order valence-corrected chi connectivity index (χ1v) is 6.61. The smallest absolute Gasteiger partial charge is 0.230 e. The summed E-state index contributed by atoms with van der Waals surface area (Å²) in [5.74, 6) is 0.342. The predicted molar refractivity (Wildman–Crippen MR) is 64.7 cm³/mol. The fourth-order valence-electron chi connectivity index (χ4n) is 1.57. The summed E-state index contributed by atoms with van der Waals surface area (Å²) in [4.78, 5) is 19.6. The van der Waals surface area contributed by atoms with Crippen molar-refractivity contribution in [3.63, 3.8) is 0 Å². The largest absolute Gasteiger partial charge is 0.376 e. The third kappa shape index (κ3) is 4.32. The van der Waals surface area contributed by atoms with Crippen molar-refractivity contribution in [2.24, 2.45) is 0 Å². The molecule has 0 aromatic carbocycles. The molecule has 1 atom stereocenters. The molecule has 1 aliphatic heterocycles. The van der Waals surface area contributed by atoms with Crippen molar-refractivity contribution < 1.29 is 9.53 Å². The van der Waals surface area contributed by atoms with E-state index in [1.807, 2.05) is 0 Å². The zero-order valence-corrected chi connectivity index (χ0v) is 10.3. The summed E-state index contributed by atoms with van der Waals surface area (Å²) in [5.41, 5.74) is 0. The average molecular weight is 253 g/mol. The van der Waals surface area contributed by atoms with Gasteiger partial charge in [-0.1, -0.05) is 11.8 Å². The molecule has 1 aromatic heterocycles. The van der Waals surface area contributed by atoms with E-state index in [1.165, 1.54) is 11.8 Å². The molecular formula is C11H15N3O2S. The van der Waals surface area contributed by atoms with Gasteiger partial charge in [-0.05, 0) is 18.9 Å². The minimum atomic E-state index is -0.00190. The summed E-state index contributed by atoms with van der Waals surface area (Å²) >= 11 is 1.34. The number of amides is 1. The van der Waals surface area contributed by atoms with Crippen LogP contribution in [0.3, 0.4) is 0 Å². The molecule has 2 rings (SSSR count). The van der Waals surface area contributed by atoms with E-state index in [-0.39, 0.29) is 12.0 Å². The topological polar surface area (TPSA) is 64.1 Å². The van der Waals surface area contributed by atoms with Crippen LogP contribution in [-0.2, 0) is 9.53 Å². The van der Waals surface area contributed by atoms with Gasteiger partial charge in [0.05, 0.1) is 11.9 Å². The van der Waals surface area contributed by atoms with E-state index >= 15 is 0 Å². The third-order valence-corrected chi connectivity index (χ3v) is 3.30. The lowest BCUT2D eigenvalue weighted by Gasteiger charge is -2.10. The van der Waals surface area contributed by atoms with Crippen molar-refractivity contribution >= 4 is 17.7 Å². The van der Waals surface area contributed by atoms with Crippen LogP contribution in [0.15, 0.2) is 23.6 Å². The van der Waals surface area contributed by atoms with Crippen molar-refractivity contribution in [2.75, 3.05) is 18.9 Å². The van der Waals surface area contributed by atoms with Gasteiger partial charge in [-0.15, -0.1) is 0 Å². The number of carbonyl (C=O) groups is 1. The Hall–Kier alpha value is -1.14. The maximum atomic E-state index is 11.5.